The number of rotatable bonds is 11. The number of nitrogens with one attached hydrogen (secondary N) is 1. The maximum Gasteiger partial charge on any atom is 0.310 e. The molecular formula is C45H69NO11. The molecule has 1 saturated heterocycles. The second-order valence-electron chi connectivity index (χ2n) is 20.3. The molecule has 16 unspecified atom stereocenters. The number of benzene rings is 1. The average molecular weight is 800 g/mol. The van der Waals surface area contributed by atoms with Crippen molar-refractivity contribution in [3.63, 3.8) is 0 Å². The minimum atomic E-state index is -1.55. The van der Waals surface area contributed by atoms with Crippen molar-refractivity contribution in [2.24, 2.45) is 50.2 Å². The number of allylic oxidation sites excluding steroid dienone is 2. The van der Waals surface area contributed by atoms with Crippen LogP contribution in [0.25, 0.3) is 0 Å². The fourth-order valence-corrected chi connectivity index (χ4v) is 13.7. The van der Waals surface area contributed by atoms with E-state index >= 15 is 0 Å². The molecule has 12 heteroatoms. The van der Waals surface area contributed by atoms with Crippen LogP contribution >= 0.6 is 0 Å². The first-order valence-corrected chi connectivity index (χ1v) is 21.4. The van der Waals surface area contributed by atoms with Crippen molar-refractivity contribution in [3.05, 3.63) is 47.0 Å². The van der Waals surface area contributed by atoms with Crippen molar-refractivity contribution in [2.45, 2.75) is 148 Å². The van der Waals surface area contributed by atoms with E-state index in [2.05, 4.69) is 51.2 Å². The first-order valence-electron chi connectivity index (χ1n) is 21.4. The van der Waals surface area contributed by atoms with Crippen LogP contribution in [0.3, 0.4) is 0 Å². The van der Waals surface area contributed by atoms with Gasteiger partial charge in [-0.25, -0.2) is 0 Å². The zero-order valence-electron chi connectivity index (χ0n) is 34.8. The molecular weight excluding hydrogens is 730 g/mol. The van der Waals surface area contributed by atoms with Gasteiger partial charge in [-0.3, -0.25) is 4.79 Å². The molecule has 1 aromatic carbocycles. The molecule has 1 aromatic rings. The number of hydrogen-bond acceptors (Lipinski definition) is 11. The zero-order chi connectivity index (χ0) is 41.3. The van der Waals surface area contributed by atoms with E-state index in [0.29, 0.717) is 38.5 Å². The fraction of sp³-hybridized carbons (Fsp3) is 0.800. The second-order valence-corrected chi connectivity index (χ2v) is 20.3. The number of aliphatic hydroxyl groups excluding tert-OH is 6. The third kappa shape index (κ3) is 6.67. The Labute approximate surface area is 338 Å². The smallest absolute Gasteiger partial charge is 0.310 e. The molecule has 4 saturated carbocycles. The van der Waals surface area contributed by atoms with Crippen LogP contribution in [0.15, 0.2) is 35.9 Å². The van der Waals surface area contributed by atoms with Crippen molar-refractivity contribution in [1.82, 2.24) is 5.32 Å². The van der Waals surface area contributed by atoms with Gasteiger partial charge in [-0.2, -0.15) is 0 Å². The monoisotopic (exact) mass is 799 g/mol. The number of ether oxygens (including phenoxy) is 3. The Morgan fingerprint density at radius 1 is 0.930 bits per heavy atom. The Hall–Kier alpha value is -1.97. The van der Waals surface area contributed by atoms with E-state index in [0.717, 1.165) is 36.9 Å². The van der Waals surface area contributed by atoms with E-state index in [4.69, 9.17) is 14.2 Å². The molecule has 1 heterocycles. The number of hydrogen-bond donors (Lipinski definition) is 8. The summed E-state index contributed by atoms with van der Waals surface area (Å²) in [5.41, 5.74) is 0.0560. The molecule has 0 bridgehead atoms. The first-order chi connectivity index (χ1) is 26.9. The maximum atomic E-state index is 13.2. The highest BCUT2D eigenvalue weighted by Gasteiger charge is 2.72. The summed E-state index contributed by atoms with van der Waals surface area (Å²) in [4.78, 5) is 13.2. The van der Waals surface area contributed by atoms with E-state index in [1.165, 1.54) is 5.57 Å². The van der Waals surface area contributed by atoms with Gasteiger partial charge in [0.25, 0.3) is 0 Å². The van der Waals surface area contributed by atoms with Crippen molar-refractivity contribution >= 4 is 5.97 Å². The zero-order valence-corrected chi connectivity index (χ0v) is 34.8. The Bertz CT molecular complexity index is 1660. The normalized spacial score (nSPS) is 47.4. The molecule has 0 amide bonds. The van der Waals surface area contributed by atoms with Gasteiger partial charge in [0.2, 0.25) is 0 Å². The van der Waals surface area contributed by atoms with Crippen LogP contribution in [0.2, 0.25) is 0 Å². The van der Waals surface area contributed by atoms with Gasteiger partial charge in [0.15, 0.2) is 6.29 Å². The van der Waals surface area contributed by atoms with Gasteiger partial charge >= 0.3 is 5.97 Å². The van der Waals surface area contributed by atoms with Crippen LogP contribution in [-0.4, -0.2) is 111 Å². The number of carboxylic acids is 1. The molecule has 16 atom stereocenters. The predicted molar refractivity (Wildman–Crippen MR) is 211 cm³/mol. The summed E-state index contributed by atoms with van der Waals surface area (Å²) < 4.78 is 19.4. The van der Waals surface area contributed by atoms with Gasteiger partial charge in [0.05, 0.1) is 43.5 Å². The van der Waals surface area contributed by atoms with Crippen molar-refractivity contribution in [1.29, 1.82) is 0 Å². The van der Waals surface area contributed by atoms with Gasteiger partial charge in [0.1, 0.15) is 18.3 Å². The first kappa shape index (κ1) is 43.1. The van der Waals surface area contributed by atoms with Crippen molar-refractivity contribution in [2.75, 3.05) is 26.9 Å². The van der Waals surface area contributed by atoms with Crippen molar-refractivity contribution < 1.29 is 54.8 Å². The topological polar surface area (TPSA) is 198 Å². The lowest BCUT2D eigenvalue weighted by Gasteiger charge is -2.72. The minimum absolute atomic E-state index is 0.0296. The molecule has 8 N–H and O–H groups in total. The second kappa shape index (κ2) is 15.5. The van der Waals surface area contributed by atoms with E-state index in [-0.39, 0.29) is 53.8 Å². The minimum Gasteiger partial charge on any atom is -0.481 e. The molecule has 5 fully saturated rings. The Kier molecular flexibility index (Phi) is 11.7. The SMILES string of the molecule is CNCc1ccc(COC2CC3(C)C(CCC4(C)C3CC=C3C5CC(C)(CO)CCC5(C(=O)O)CCC34C)C(C)(C(O)CO)C2OC2OCC(O)C(O)C2O)cc1. The quantitative estimate of drug-likeness (QED) is 0.119. The molecule has 57 heavy (non-hydrogen) atoms. The van der Waals surface area contributed by atoms with E-state index in [1.54, 1.807) is 0 Å². The molecule has 0 aromatic heterocycles. The van der Waals surface area contributed by atoms with E-state index < -0.39 is 71.7 Å². The molecule has 7 rings (SSSR count). The summed E-state index contributed by atoms with van der Waals surface area (Å²) in [6.07, 6.45) is 0.0154. The van der Waals surface area contributed by atoms with Crippen LogP contribution in [-0.2, 0) is 32.2 Å². The van der Waals surface area contributed by atoms with E-state index in [9.17, 15) is 40.5 Å². The molecule has 320 valence electrons. The lowest BCUT2D eigenvalue weighted by Crippen LogP contribution is -2.71. The van der Waals surface area contributed by atoms with Gasteiger partial charge in [-0.15, -0.1) is 0 Å². The highest BCUT2D eigenvalue weighted by Crippen LogP contribution is 2.76. The molecule has 0 radical (unpaired) electrons. The Morgan fingerprint density at radius 3 is 2.26 bits per heavy atom. The third-order valence-electron chi connectivity index (χ3n) is 17.4. The van der Waals surface area contributed by atoms with Gasteiger partial charge in [-0.1, -0.05) is 70.5 Å². The van der Waals surface area contributed by atoms with Gasteiger partial charge < -0.3 is 55.3 Å². The number of fused-ring (bicyclic) bond motifs is 7. The van der Waals surface area contributed by atoms with Crippen LogP contribution in [0.5, 0.6) is 0 Å². The third-order valence-corrected chi connectivity index (χ3v) is 17.4. The number of carboxylic acid groups (broad SMARTS) is 1. The maximum absolute atomic E-state index is 13.2. The fourth-order valence-electron chi connectivity index (χ4n) is 13.7. The number of carbonyl (C=O) groups is 1. The molecule has 5 aliphatic carbocycles. The Morgan fingerprint density at radius 2 is 1.61 bits per heavy atom. The lowest BCUT2D eigenvalue weighted by atomic mass is 9.33. The lowest BCUT2D eigenvalue weighted by molar-refractivity contribution is -0.340. The summed E-state index contributed by atoms with van der Waals surface area (Å²) in [5, 5.41) is 79.3. The summed E-state index contributed by atoms with van der Waals surface area (Å²) in [5.74, 6) is -0.954. The average Bonchev–Trinajstić information content (AvgIpc) is 3.18. The summed E-state index contributed by atoms with van der Waals surface area (Å²) in [6, 6.07) is 8.17. The summed E-state index contributed by atoms with van der Waals surface area (Å²) in [7, 11) is 1.90. The molecule has 0 spiro atoms. The molecule has 1 aliphatic heterocycles. The van der Waals surface area contributed by atoms with Crippen LogP contribution in [0.1, 0.15) is 104 Å². The standard InChI is InChI=1S/C45H69NO11/c1-40(25-48)15-17-45(39(53)54)18-16-42(3)28(29(45)19-40)11-12-32-41(2)20-31(55-23-27-9-7-26(8-10-27)21-46-6)37(57-38-36(52)35(51)30(49)24-56-38)44(5,34(50)22-47)33(41)13-14-43(32,42)4/h7-11,29-38,46-52H,12-25H2,1-6H3,(H,53,54). The van der Waals surface area contributed by atoms with Crippen LogP contribution < -0.4 is 5.32 Å². The van der Waals surface area contributed by atoms with Gasteiger partial charge in [-0.05, 0) is 115 Å². The summed E-state index contributed by atoms with van der Waals surface area (Å²) >= 11 is 0. The summed E-state index contributed by atoms with van der Waals surface area (Å²) in [6.45, 7) is 11.4. The highest BCUT2D eigenvalue weighted by molar-refractivity contribution is 5.76. The highest BCUT2D eigenvalue weighted by atomic mass is 16.7. The molecule has 6 aliphatic rings. The Balaban J connectivity index is 1.29. The van der Waals surface area contributed by atoms with Crippen LogP contribution in [0, 0.1) is 50.2 Å². The molecule has 12 nitrogen and oxygen atoms in total. The number of aliphatic carboxylic acids is 1. The van der Waals surface area contributed by atoms with Gasteiger partial charge in [0, 0.05) is 18.6 Å². The number of aliphatic hydroxyl groups is 6. The predicted octanol–water partition coefficient (Wildman–Crippen LogP) is 3.92. The van der Waals surface area contributed by atoms with Crippen LogP contribution in [0.4, 0.5) is 0 Å². The van der Waals surface area contributed by atoms with Crippen molar-refractivity contribution in [3.8, 4) is 0 Å². The largest absolute Gasteiger partial charge is 0.481 e. The van der Waals surface area contributed by atoms with E-state index in [1.807, 2.05) is 26.1 Å².